The van der Waals surface area contributed by atoms with Crippen LogP contribution in [0.1, 0.15) is 35.3 Å². The molecule has 1 atom stereocenters. The fraction of sp³-hybridized carbons (Fsp3) is 0.750. The maximum absolute atomic E-state index is 4.62. The molecule has 16 heavy (non-hydrogen) atoms. The van der Waals surface area contributed by atoms with Crippen LogP contribution in [0.25, 0.3) is 0 Å². The van der Waals surface area contributed by atoms with E-state index in [9.17, 15) is 0 Å². The Kier molecular flexibility index (Phi) is 4.67. The van der Waals surface area contributed by atoms with Crippen molar-refractivity contribution in [2.24, 2.45) is 0 Å². The number of nitrogens with zero attached hydrogens (tertiary/aromatic N) is 1. The molecule has 0 aliphatic carbocycles. The molecule has 0 saturated carbocycles. The molecule has 2 rings (SSSR count). The maximum Gasteiger partial charge on any atom is 0.0931 e. The Morgan fingerprint density at radius 3 is 3.06 bits per heavy atom. The van der Waals surface area contributed by atoms with E-state index >= 15 is 0 Å². The Bertz CT molecular complexity index is 330. The summed E-state index contributed by atoms with van der Waals surface area (Å²) in [5, 5.41) is 4.95. The number of thiazole rings is 1. The van der Waals surface area contributed by atoms with Crippen LogP contribution in [0.4, 0.5) is 0 Å². The molecule has 0 bridgehead atoms. The van der Waals surface area contributed by atoms with Crippen molar-refractivity contribution >= 4 is 23.1 Å². The summed E-state index contributed by atoms with van der Waals surface area (Å²) in [7, 11) is 0. The van der Waals surface area contributed by atoms with Crippen molar-refractivity contribution < 1.29 is 0 Å². The predicted molar refractivity (Wildman–Crippen MR) is 73.4 cm³/mol. The van der Waals surface area contributed by atoms with Gasteiger partial charge >= 0.3 is 0 Å². The van der Waals surface area contributed by atoms with Crippen molar-refractivity contribution in [3.05, 3.63) is 15.6 Å². The average molecular weight is 256 g/mol. The van der Waals surface area contributed by atoms with E-state index in [1.807, 2.05) is 11.3 Å². The normalized spacial score (nSPS) is 20.5. The van der Waals surface area contributed by atoms with E-state index in [1.54, 1.807) is 0 Å². The smallest absolute Gasteiger partial charge is 0.0931 e. The molecule has 4 heteroatoms. The molecule has 1 saturated heterocycles. The second kappa shape index (κ2) is 6.03. The number of rotatable bonds is 5. The summed E-state index contributed by atoms with van der Waals surface area (Å²) >= 11 is 3.95. The molecular weight excluding hydrogens is 236 g/mol. The molecule has 1 aliphatic rings. The second-order valence-corrected chi connectivity index (χ2v) is 6.63. The van der Waals surface area contributed by atoms with Gasteiger partial charge in [-0.3, -0.25) is 0 Å². The summed E-state index contributed by atoms with van der Waals surface area (Å²) in [6.45, 7) is 5.36. The van der Waals surface area contributed by atoms with Crippen LogP contribution in [0.2, 0.25) is 0 Å². The molecule has 1 aliphatic heterocycles. The Morgan fingerprint density at radius 2 is 2.38 bits per heavy atom. The first-order valence-corrected chi connectivity index (χ1v) is 8.03. The zero-order valence-electron chi connectivity index (χ0n) is 10.1. The van der Waals surface area contributed by atoms with Gasteiger partial charge in [-0.25, -0.2) is 4.98 Å². The van der Waals surface area contributed by atoms with Gasteiger partial charge in [0.2, 0.25) is 0 Å². The van der Waals surface area contributed by atoms with Crippen molar-refractivity contribution in [2.45, 2.75) is 45.7 Å². The van der Waals surface area contributed by atoms with E-state index in [1.165, 1.54) is 39.9 Å². The number of aryl methyl sites for hydroxylation is 2. The Balaban J connectivity index is 1.87. The van der Waals surface area contributed by atoms with E-state index < -0.39 is 0 Å². The van der Waals surface area contributed by atoms with Gasteiger partial charge in [-0.2, -0.15) is 11.8 Å². The topological polar surface area (TPSA) is 24.9 Å². The van der Waals surface area contributed by atoms with Crippen LogP contribution < -0.4 is 5.32 Å². The van der Waals surface area contributed by atoms with Gasteiger partial charge in [0.25, 0.3) is 0 Å². The highest BCUT2D eigenvalue weighted by Gasteiger charge is 2.15. The molecule has 1 N–H and O–H groups in total. The highest BCUT2D eigenvalue weighted by Crippen LogP contribution is 2.21. The van der Waals surface area contributed by atoms with Crippen molar-refractivity contribution in [3.63, 3.8) is 0 Å². The number of aromatic nitrogens is 1. The summed E-state index contributed by atoms with van der Waals surface area (Å²) in [5.74, 6) is 2.60. The summed E-state index contributed by atoms with van der Waals surface area (Å²) in [6.07, 6.45) is 3.65. The molecule has 0 amide bonds. The highest BCUT2D eigenvalue weighted by molar-refractivity contribution is 7.99. The van der Waals surface area contributed by atoms with E-state index in [0.717, 1.165) is 19.0 Å². The average Bonchev–Trinajstić information content (AvgIpc) is 2.86. The first-order chi connectivity index (χ1) is 7.79. The zero-order chi connectivity index (χ0) is 11.4. The quantitative estimate of drug-likeness (QED) is 0.876. The Labute approximate surface area is 106 Å². The van der Waals surface area contributed by atoms with Crippen LogP contribution in [-0.4, -0.2) is 22.5 Å². The van der Waals surface area contributed by atoms with Crippen molar-refractivity contribution in [1.82, 2.24) is 10.3 Å². The lowest BCUT2D eigenvalue weighted by Gasteiger charge is -2.09. The molecule has 1 fully saturated rings. The fourth-order valence-electron chi connectivity index (χ4n) is 1.91. The first kappa shape index (κ1) is 12.4. The van der Waals surface area contributed by atoms with Gasteiger partial charge < -0.3 is 5.32 Å². The van der Waals surface area contributed by atoms with Crippen LogP contribution >= 0.6 is 23.1 Å². The first-order valence-electron chi connectivity index (χ1n) is 6.06. The second-order valence-electron chi connectivity index (χ2n) is 4.31. The largest absolute Gasteiger partial charge is 0.308 e. The molecule has 0 aromatic carbocycles. The van der Waals surface area contributed by atoms with Gasteiger partial charge in [0.15, 0.2) is 0 Å². The van der Waals surface area contributed by atoms with Crippen molar-refractivity contribution in [1.29, 1.82) is 0 Å². The number of hydrogen-bond donors (Lipinski definition) is 1. The fourth-order valence-corrected chi connectivity index (χ4v) is 4.21. The lowest BCUT2D eigenvalue weighted by Crippen LogP contribution is -2.27. The van der Waals surface area contributed by atoms with Gasteiger partial charge in [0.05, 0.1) is 10.7 Å². The van der Waals surface area contributed by atoms with Crippen LogP contribution in [0, 0.1) is 6.92 Å². The minimum atomic E-state index is 0.723. The molecular formula is C12H20N2S2. The van der Waals surface area contributed by atoms with E-state index in [-0.39, 0.29) is 0 Å². The molecule has 0 radical (unpaired) electrons. The summed E-state index contributed by atoms with van der Waals surface area (Å²) in [4.78, 5) is 6.05. The van der Waals surface area contributed by atoms with E-state index in [0.29, 0.717) is 0 Å². The Hall–Kier alpha value is -0.0600. The third-order valence-electron chi connectivity index (χ3n) is 2.88. The van der Waals surface area contributed by atoms with Crippen molar-refractivity contribution in [2.75, 3.05) is 11.5 Å². The summed E-state index contributed by atoms with van der Waals surface area (Å²) in [5.41, 5.74) is 1.23. The Morgan fingerprint density at radius 1 is 1.50 bits per heavy atom. The predicted octanol–water partition coefficient (Wildman–Crippen LogP) is 3.00. The molecule has 1 aromatic heterocycles. The zero-order valence-corrected chi connectivity index (χ0v) is 11.7. The van der Waals surface area contributed by atoms with Crippen LogP contribution in [0.15, 0.2) is 0 Å². The molecule has 1 aromatic rings. The molecule has 2 nitrogen and oxygen atoms in total. The standard InChI is InChI=1S/C12H20N2S2/c1-3-4-12-14-9(2)11(16-12)7-13-10-5-6-15-8-10/h10,13H,3-8H2,1-2H3/t10-/m1/s1. The van der Waals surface area contributed by atoms with Gasteiger partial charge in [-0.05, 0) is 31.9 Å². The van der Waals surface area contributed by atoms with Gasteiger partial charge in [-0.15, -0.1) is 11.3 Å². The number of thioether (sulfide) groups is 1. The molecule has 2 heterocycles. The van der Waals surface area contributed by atoms with Crippen LogP contribution in [-0.2, 0) is 13.0 Å². The number of hydrogen-bond acceptors (Lipinski definition) is 4. The van der Waals surface area contributed by atoms with Crippen LogP contribution in [0.3, 0.4) is 0 Å². The van der Waals surface area contributed by atoms with E-state index in [4.69, 9.17) is 0 Å². The monoisotopic (exact) mass is 256 g/mol. The van der Waals surface area contributed by atoms with Crippen LogP contribution in [0.5, 0.6) is 0 Å². The lowest BCUT2D eigenvalue weighted by atomic mass is 10.2. The minimum Gasteiger partial charge on any atom is -0.308 e. The third-order valence-corrected chi connectivity index (χ3v) is 5.26. The molecule has 90 valence electrons. The minimum absolute atomic E-state index is 0.723. The third kappa shape index (κ3) is 3.22. The van der Waals surface area contributed by atoms with Crippen molar-refractivity contribution in [3.8, 4) is 0 Å². The summed E-state index contributed by atoms with van der Waals surface area (Å²) < 4.78 is 0. The number of nitrogens with one attached hydrogen (secondary N) is 1. The lowest BCUT2D eigenvalue weighted by molar-refractivity contribution is 0.560. The van der Waals surface area contributed by atoms with Gasteiger partial charge in [-0.1, -0.05) is 6.92 Å². The van der Waals surface area contributed by atoms with Gasteiger partial charge in [0, 0.05) is 23.2 Å². The molecule has 0 spiro atoms. The summed E-state index contributed by atoms with van der Waals surface area (Å²) in [6, 6.07) is 0.723. The maximum atomic E-state index is 4.62. The van der Waals surface area contributed by atoms with E-state index in [2.05, 4.69) is 35.9 Å². The highest BCUT2D eigenvalue weighted by atomic mass is 32.2. The SMILES string of the molecule is CCCc1nc(C)c(CN[C@@H]2CCSC2)s1. The van der Waals surface area contributed by atoms with Gasteiger partial charge in [0.1, 0.15) is 0 Å². The molecule has 0 unspecified atom stereocenters.